The monoisotopic (exact) mass is 344 g/mol. The van der Waals surface area contributed by atoms with E-state index in [1.54, 1.807) is 17.0 Å². The summed E-state index contributed by atoms with van der Waals surface area (Å²) in [6.07, 6.45) is 8.65. The van der Waals surface area contributed by atoms with Crippen LogP contribution in [0.15, 0.2) is 73.2 Å². The first-order valence-electron chi connectivity index (χ1n) is 8.14. The molecule has 7 heteroatoms. The first-order valence-corrected chi connectivity index (χ1v) is 8.14. The van der Waals surface area contributed by atoms with Crippen LogP contribution in [0.1, 0.15) is 11.4 Å². The van der Waals surface area contributed by atoms with Crippen molar-refractivity contribution in [2.24, 2.45) is 0 Å². The summed E-state index contributed by atoms with van der Waals surface area (Å²) >= 11 is 0. The molecule has 0 aliphatic carbocycles. The third-order valence-corrected chi connectivity index (χ3v) is 3.86. The van der Waals surface area contributed by atoms with E-state index in [2.05, 4.69) is 20.6 Å². The summed E-state index contributed by atoms with van der Waals surface area (Å²) in [4.78, 5) is 12.0. The van der Waals surface area contributed by atoms with Crippen LogP contribution in [0.4, 0.5) is 0 Å². The van der Waals surface area contributed by atoms with Crippen molar-refractivity contribution in [3.05, 3.63) is 84.6 Å². The fourth-order valence-corrected chi connectivity index (χ4v) is 2.55. The summed E-state index contributed by atoms with van der Waals surface area (Å²) < 4.78 is 3.60. The molecule has 26 heavy (non-hydrogen) atoms. The topological polar surface area (TPSA) is 77.1 Å². The van der Waals surface area contributed by atoms with Gasteiger partial charge in [-0.1, -0.05) is 24.3 Å². The predicted molar refractivity (Wildman–Crippen MR) is 97.4 cm³/mol. The third kappa shape index (κ3) is 3.36. The third-order valence-electron chi connectivity index (χ3n) is 3.86. The van der Waals surface area contributed by atoms with E-state index in [0.29, 0.717) is 12.4 Å². The van der Waals surface area contributed by atoms with Crippen LogP contribution in [0.25, 0.3) is 17.4 Å². The van der Waals surface area contributed by atoms with Gasteiger partial charge in [-0.25, -0.2) is 4.68 Å². The number of para-hydroxylation sites is 1. The maximum Gasteiger partial charge on any atom is 0.244 e. The van der Waals surface area contributed by atoms with Crippen LogP contribution in [0.3, 0.4) is 0 Å². The summed E-state index contributed by atoms with van der Waals surface area (Å²) in [6, 6.07) is 15.4. The Balaban J connectivity index is 1.38. The number of amides is 1. The highest BCUT2D eigenvalue weighted by atomic mass is 16.1. The van der Waals surface area contributed by atoms with Gasteiger partial charge in [0.25, 0.3) is 0 Å². The molecular formula is C19H16N6O. The number of carbonyl (C=O) groups excluding carboxylic acids is 1. The molecule has 1 aromatic carbocycles. The second-order valence-corrected chi connectivity index (χ2v) is 5.65. The molecule has 0 bridgehead atoms. The van der Waals surface area contributed by atoms with Crippen molar-refractivity contribution in [2.75, 3.05) is 0 Å². The summed E-state index contributed by atoms with van der Waals surface area (Å²) in [7, 11) is 0. The number of pyridine rings is 1. The van der Waals surface area contributed by atoms with Gasteiger partial charge in [0, 0.05) is 24.0 Å². The van der Waals surface area contributed by atoms with Crippen LogP contribution in [-0.2, 0) is 11.3 Å². The molecule has 4 aromatic rings. The number of rotatable bonds is 5. The molecule has 7 nitrogen and oxygen atoms in total. The molecule has 3 aromatic heterocycles. The van der Waals surface area contributed by atoms with E-state index in [1.807, 2.05) is 65.3 Å². The van der Waals surface area contributed by atoms with Crippen molar-refractivity contribution in [2.45, 2.75) is 6.54 Å². The molecule has 1 amide bonds. The number of benzene rings is 1. The molecular weight excluding hydrogens is 328 g/mol. The average molecular weight is 344 g/mol. The van der Waals surface area contributed by atoms with Crippen molar-refractivity contribution < 1.29 is 4.79 Å². The van der Waals surface area contributed by atoms with Crippen LogP contribution < -0.4 is 5.32 Å². The fourth-order valence-electron chi connectivity index (χ4n) is 2.55. The highest BCUT2D eigenvalue weighted by Crippen LogP contribution is 2.08. The molecule has 0 aliphatic rings. The molecule has 0 radical (unpaired) electrons. The summed E-state index contributed by atoms with van der Waals surface area (Å²) in [5, 5.41) is 15.2. The minimum absolute atomic E-state index is 0.204. The predicted octanol–water partition coefficient (Wildman–Crippen LogP) is 2.24. The Kier molecular flexibility index (Phi) is 4.26. The number of hydrogen-bond donors (Lipinski definition) is 1. The van der Waals surface area contributed by atoms with Crippen LogP contribution in [-0.4, -0.2) is 30.3 Å². The molecule has 3 heterocycles. The van der Waals surface area contributed by atoms with Crippen molar-refractivity contribution in [3.8, 4) is 5.69 Å². The Morgan fingerprint density at radius 2 is 1.92 bits per heavy atom. The molecule has 0 unspecified atom stereocenters. The van der Waals surface area contributed by atoms with Gasteiger partial charge in [0.1, 0.15) is 0 Å². The zero-order chi connectivity index (χ0) is 17.8. The number of carbonyl (C=O) groups is 1. The number of nitrogens with zero attached hydrogens (tertiary/aromatic N) is 5. The number of aromatic nitrogens is 5. The fraction of sp³-hybridized carbons (Fsp3) is 0.0526. The molecule has 4 rings (SSSR count). The Bertz CT molecular complexity index is 1060. The van der Waals surface area contributed by atoms with Gasteiger partial charge in [-0.2, -0.15) is 5.10 Å². The van der Waals surface area contributed by atoms with E-state index in [-0.39, 0.29) is 5.91 Å². The second-order valence-electron chi connectivity index (χ2n) is 5.65. The van der Waals surface area contributed by atoms with Crippen molar-refractivity contribution in [1.82, 2.24) is 29.7 Å². The molecule has 0 saturated heterocycles. The van der Waals surface area contributed by atoms with Crippen molar-refractivity contribution in [1.29, 1.82) is 0 Å². The highest BCUT2D eigenvalue weighted by Gasteiger charge is 2.05. The second kappa shape index (κ2) is 7.02. The van der Waals surface area contributed by atoms with E-state index in [9.17, 15) is 4.79 Å². The van der Waals surface area contributed by atoms with Gasteiger partial charge in [-0.05, 0) is 30.3 Å². The van der Waals surface area contributed by atoms with E-state index in [1.165, 1.54) is 6.08 Å². The van der Waals surface area contributed by atoms with Gasteiger partial charge in [-0.15, -0.1) is 10.2 Å². The van der Waals surface area contributed by atoms with Crippen molar-refractivity contribution >= 4 is 17.6 Å². The Labute approximate surface area is 149 Å². The van der Waals surface area contributed by atoms with Gasteiger partial charge in [-0.3, -0.25) is 9.20 Å². The molecule has 0 aliphatic heterocycles. The maximum absolute atomic E-state index is 12.0. The van der Waals surface area contributed by atoms with Gasteiger partial charge >= 0.3 is 0 Å². The lowest BCUT2D eigenvalue weighted by Crippen LogP contribution is -2.21. The quantitative estimate of drug-likeness (QED) is 0.563. The normalized spacial score (nSPS) is 11.2. The van der Waals surface area contributed by atoms with Crippen LogP contribution in [0.5, 0.6) is 0 Å². The van der Waals surface area contributed by atoms with E-state index in [0.717, 1.165) is 16.9 Å². The molecule has 0 atom stereocenters. The number of fused-ring (bicyclic) bond motifs is 1. The van der Waals surface area contributed by atoms with Crippen LogP contribution >= 0.6 is 0 Å². The number of nitrogens with one attached hydrogen (secondary N) is 1. The molecule has 0 spiro atoms. The van der Waals surface area contributed by atoms with Crippen LogP contribution in [0, 0.1) is 0 Å². The minimum Gasteiger partial charge on any atom is -0.345 e. The Morgan fingerprint density at radius 3 is 2.81 bits per heavy atom. The summed E-state index contributed by atoms with van der Waals surface area (Å²) in [6.45, 7) is 0.303. The summed E-state index contributed by atoms with van der Waals surface area (Å²) in [5.41, 5.74) is 2.56. The smallest absolute Gasteiger partial charge is 0.244 e. The standard InChI is InChI=1S/C19H16N6O/c26-19(20-13-18-23-22-17-8-4-5-11-24(17)18)10-9-15-12-21-25(14-15)16-6-2-1-3-7-16/h1-12,14H,13H2,(H,20,26)/b10-9+. The minimum atomic E-state index is -0.204. The van der Waals surface area contributed by atoms with Gasteiger partial charge in [0.05, 0.1) is 18.4 Å². The zero-order valence-corrected chi connectivity index (χ0v) is 13.9. The lowest BCUT2D eigenvalue weighted by molar-refractivity contribution is -0.116. The first kappa shape index (κ1) is 15.8. The first-order chi connectivity index (χ1) is 12.8. The van der Waals surface area contributed by atoms with Gasteiger partial charge in [0.15, 0.2) is 11.5 Å². The van der Waals surface area contributed by atoms with E-state index < -0.39 is 0 Å². The van der Waals surface area contributed by atoms with Crippen molar-refractivity contribution in [3.63, 3.8) is 0 Å². The Hall–Kier alpha value is -3.74. The van der Waals surface area contributed by atoms with E-state index in [4.69, 9.17) is 0 Å². The lowest BCUT2D eigenvalue weighted by atomic mass is 10.3. The van der Waals surface area contributed by atoms with Gasteiger partial charge < -0.3 is 5.32 Å². The van der Waals surface area contributed by atoms with Gasteiger partial charge in [0.2, 0.25) is 5.91 Å². The average Bonchev–Trinajstić information content (AvgIpc) is 3.33. The highest BCUT2D eigenvalue weighted by molar-refractivity contribution is 5.91. The Morgan fingerprint density at radius 1 is 1.08 bits per heavy atom. The maximum atomic E-state index is 12.0. The molecule has 128 valence electrons. The van der Waals surface area contributed by atoms with E-state index >= 15 is 0 Å². The number of hydrogen-bond acceptors (Lipinski definition) is 4. The molecule has 1 N–H and O–H groups in total. The van der Waals surface area contributed by atoms with Crippen LogP contribution in [0.2, 0.25) is 0 Å². The zero-order valence-electron chi connectivity index (χ0n) is 13.9. The largest absolute Gasteiger partial charge is 0.345 e. The molecule has 0 fully saturated rings. The summed E-state index contributed by atoms with van der Waals surface area (Å²) in [5.74, 6) is 0.476. The lowest BCUT2D eigenvalue weighted by Gasteiger charge is -2.00. The SMILES string of the molecule is O=C(/C=C/c1cnn(-c2ccccc2)c1)NCc1nnc2ccccn12. The molecule has 0 saturated carbocycles.